The Balaban J connectivity index is 1.23. The van der Waals surface area contributed by atoms with Gasteiger partial charge in [0.15, 0.2) is 43.8 Å². The van der Waals surface area contributed by atoms with Crippen LogP contribution in [0.4, 0.5) is 0 Å². The summed E-state index contributed by atoms with van der Waals surface area (Å²) in [6.45, 7) is 0.492. The van der Waals surface area contributed by atoms with Gasteiger partial charge in [0.05, 0.1) is 38.6 Å². The highest BCUT2D eigenvalue weighted by atomic mass is 16.8. The molecule has 0 saturated carbocycles. The van der Waals surface area contributed by atoms with Crippen molar-refractivity contribution in [2.45, 2.75) is 212 Å². The van der Waals surface area contributed by atoms with Gasteiger partial charge in [-0.2, -0.15) is 0 Å². The van der Waals surface area contributed by atoms with Crippen molar-refractivity contribution in [1.82, 2.24) is 16.0 Å². The fourth-order valence-corrected chi connectivity index (χ4v) is 9.63. The van der Waals surface area contributed by atoms with Crippen LogP contribution in [0.5, 0.6) is 0 Å². The molecule has 0 aromatic heterocycles. The summed E-state index contributed by atoms with van der Waals surface area (Å²) in [5, 5.41) is 181. The molecule has 0 unspecified atom stereocenters. The molecule has 3 amide bonds. The molecule has 34 nitrogen and oxygen atoms in total. The van der Waals surface area contributed by atoms with E-state index in [2.05, 4.69) is 16.0 Å². The molecular formula is C42H69N3O31. The highest BCUT2D eigenvalue weighted by Crippen LogP contribution is 2.37. The lowest BCUT2D eigenvalue weighted by Crippen LogP contribution is -2.71. The quantitative estimate of drug-likeness (QED) is 0.0606. The molecule has 19 N–H and O–H groups in total. The molecule has 0 aromatic carbocycles. The monoisotopic (exact) mass is 1110 g/mol. The van der Waals surface area contributed by atoms with E-state index in [1.54, 1.807) is 0 Å². The van der Waals surface area contributed by atoms with E-state index in [0.717, 1.165) is 20.8 Å². The number of carboxylic acids is 1. The Morgan fingerprint density at radius 2 is 0.776 bits per heavy atom. The van der Waals surface area contributed by atoms with Gasteiger partial charge in [-0.15, -0.1) is 0 Å². The van der Waals surface area contributed by atoms with Crippen molar-refractivity contribution in [1.29, 1.82) is 0 Å². The van der Waals surface area contributed by atoms with Crippen LogP contribution < -0.4 is 16.0 Å². The van der Waals surface area contributed by atoms with E-state index < -0.39 is 234 Å². The molecule has 30 atom stereocenters. The normalized spacial score (nSPS) is 48.1. The number of aliphatic hydroxyl groups excluding tert-OH is 15. The first-order valence-corrected chi connectivity index (χ1v) is 23.9. The van der Waals surface area contributed by atoms with Gasteiger partial charge in [0.1, 0.15) is 128 Å². The third-order valence-corrected chi connectivity index (χ3v) is 13.6. The Kier molecular flexibility index (Phi) is 21.6. The summed E-state index contributed by atoms with van der Waals surface area (Å²) in [5.41, 5.74) is 0. The second kappa shape index (κ2) is 26.4. The number of aliphatic carboxylic acids is 1. The Bertz CT molecular complexity index is 1930. The first-order chi connectivity index (χ1) is 35.8. The maximum absolute atomic E-state index is 12.9. The zero-order valence-corrected chi connectivity index (χ0v) is 40.9. The summed E-state index contributed by atoms with van der Waals surface area (Å²) < 4.78 is 62.5. The zero-order chi connectivity index (χ0) is 56.4. The van der Waals surface area contributed by atoms with Crippen molar-refractivity contribution < 1.29 is 153 Å². The van der Waals surface area contributed by atoms with Gasteiger partial charge in [-0.3, -0.25) is 14.4 Å². The fourth-order valence-electron chi connectivity index (χ4n) is 9.63. The second-order valence-electron chi connectivity index (χ2n) is 19.0. The van der Waals surface area contributed by atoms with Crippen LogP contribution in [0.15, 0.2) is 0 Å². The van der Waals surface area contributed by atoms with Crippen LogP contribution >= 0.6 is 0 Å². The summed E-state index contributed by atoms with van der Waals surface area (Å²) >= 11 is 0. The van der Waals surface area contributed by atoms with Crippen molar-refractivity contribution in [2.75, 3.05) is 26.4 Å². The molecule has 0 spiro atoms. The number of nitrogens with one attached hydrogen (secondary N) is 3. The summed E-state index contributed by atoms with van der Waals surface area (Å²) in [6.07, 6.45) is -53.5. The van der Waals surface area contributed by atoms with Crippen LogP contribution in [0, 0.1) is 0 Å². The second-order valence-corrected chi connectivity index (χ2v) is 19.0. The van der Waals surface area contributed by atoms with Gasteiger partial charge in [0, 0.05) is 20.8 Å². The van der Waals surface area contributed by atoms with E-state index in [4.69, 9.17) is 52.1 Å². The van der Waals surface area contributed by atoms with E-state index in [9.17, 15) is 101 Å². The number of carbonyl (C=O) groups excluding carboxylic acids is 3. The minimum absolute atomic E-state index is 0.669. The lowest BCUT2D eigenvalue weighted by atomic mass is 9.93. The smallest absolute Gasteiger partial charge is 0.335 e. The first-order valence-electron chi connectivity index (χ1n) is 23.9. The third-order valence-electron chi connectivity index (χ3n) is 13.6. The molecule has 6 fully saturated rings. The molecule has 6 aliphatic heterocycles. The summed E-state index contributed by atoms with van der Waals surface area (Å²) in [4.78, 5) is 49.5. The van der Waals surface area contributed by atoms with Crippen molar-refractivity contribution in [3.8, 4) is 0 Å². The summed E-state index contributed by atoms with van der Waals surface area (Å²) in [6, 6.07) is -4.78. The Morgan fingerprint density at radius 3 is 1.33 bits per heavy atom. The highest BCUT2D eigenvalue weighted by Gasteiger charge is 2.59. The molecule has 0 aliphatic carbocycles. The largest absolute Gasteiger partial charge is 0.479 e. The molecule has 0 aromatic rings. The Morgan fingerprint density at radius 1 is 0.382 bits per heavy atom. The number of carboxylic acid groups (broad SMARTS) is 1. The van der Waals surface area contributed by atoms with Gasteiger partial charge in [0.25, 0.3) is 0 Å². The minimum Gasteiger partial charge on any atom is -0.479 e. The van der Waals surface area contributed by atoms with E-state index in [0.29, 0.717) is 0 Å². The van der Waals surface area contributed by atoms with Gasteiger partial charge in [0.2, 0.25) is 17.7 Å². The Hall–Kier alpha value is -3.16. The van der Waals surface area contributed by atoms with Crippen LogP contribution in [0.25, 0.3) is 0 Å². The number of rotatable bonds is 18. The maximum Gasteiger partial charge on any atom is 0.335 e. The number of hydrogen-bond acceptors (Lipinski definition) is 30. The molecule has 0 bridgehead atoms. The lowest BCUT2D eigenvalue weighted by molar-refractivity contribution is -0.395. The Labute approximate surface area is 430 Å². The van der Waals surface area contributed by atoms with Crippen molar-refractivity contribution >= 4 is 23.7 Å². The highest BCUT2D eigenvalue weighted by molar-refractivity contribution is 5.74. The van der Waals surface area contributed by atoms with Crippen LogP contribution in [0.3, 0.4) is 0 Å². The molecule has 6 rings (SSSR count). The number of hydrogen-bond donors (Lipinski definition) is 19. The summed E-state index contributed by atoms with van der Waals surface area (Å²) in [7, 11) is 0. The SMILES string of the molecule is CC(=O)N[C@H]1[C@@H](O)[C@@H](C)O[C@@H](O[C@H]2[C@H](O)[C@@H](CO)O[C@H](O[C@H]3[C@H](O)[C@@H](O)[C@@H](O[C@@H]4[C@H](O)[C@@H](O[C@@H]5[C@@H](O[C@H]6[C@H](O)[C@@H](CO)O[C@@H](O)[C@@H]6NC(C)=O)O[C@H](CO)[C@@H](O)[C@@H]5O)O[C@H](CO)[C@H]4O)O[C@@H]3C(=O)O)[C@@H]2NC(C)=O)[C@@H]1O. The van der Waals surface area contributed by atoms with E-state index in [-0.39, 0.29) is 0 Å². The fraction of sp³-hybridized carbons (Fsp3) is 0.905. The average Bonchev–Trinajstić information content (AvgIpc) is 3.36. The van der Waals surface area contributed by atoms with Crippen molar-refractivity contribution in [3.05, 3.63) is 0 Å². The van der Waals surface area contributed by atoms with Crippen LogP contribution in [-0.4, -0.2) is 316 Å². The predicted molar refractivity (Wildman–Crippen MR) is 233 cm³/mol. The predicted octanol–water partition coefficient (Wildman–Crippen LogP) is -12.5. The van der Waals surface area contributed by atoms with Gasteiger partial charge in [-0.25, -0.2) is 4.79 Å². The van der Waals surface area contributed by atoms with Gasteiger partial charge in [-0.05, 0) is 6.92 Å². The number of amides is 3. The van der Waals surface area contributed by atoms with Crippen LogP contribution in [0.2, 0.25) is 0 Å². The molecule has 34 heteroatoms. The molecule has 6 aliphatic rings. The number of carbonyl (C=O) groups is 4. The van der Waals surface area contributed by atoms with E-state index in [1.165, 1.54) is 6.92 Å². The van der Waals surface area contributed by atoms with E-state index >= 15 is 0 Å². The maximum atomic E-state index is 12.9. The topological polar surface area (TPSA) is 530 Å². The average molecular weight is 1110 g/mol. The molecule has 438 valence electrons. The van der Waals surface area contributed by atoms with E-state index in [1.807, 2.05) is 0 Å². The molecule has 76 heavy (non-hydrogen) atoms. The van der Waals surface area contributed by atoms with Gasteiger partial charge in [-0.1, -0.05) is 0 Å². The number of aliphatic hydroxyl groups is 15. The van der Waals surface area contributed by atoms with Gasteiger partial charge >= 0.3 is 5.97 Å². The molecule has 6 heterocycles. The standard InChI is InChI=1S/C42H69N3O31/c1-9-20(53)17(43-10(2)50)25(58)39(66-9)71-31-19(45-12(4)52)38(68-15(7-48)23(31)56)74-33-27(60)28(61)40(76-35(33)36(63)64)73-32-24(57)16(8-49)69-41(29(32)62)75-34-26(59)21(54)13(5-46)70-42(34)72-30-18(44-11(3)51)37(65)67-14(6-47)22(30)55/h9,13-35,37-42,46-49,53-62,65H,5-8H2,1-4H3,(H,43,50)(H,44,51)(H,45,52)(H,63,64)/t9-,13-,14-,15-,16-,17+,18-,19-,20+,21-,22-,23-,24-,25-,26+,27-,28-,29+,30-,31-,32+,33+,34+,35+,37-,38-,39+,40+,41-,42-/m1/s1. The van der Waals surface area contributed by atoms with Crippen molar-refractivity contribution in [3.63, 3.8) is 0 Å². The number of ether oxygens (including phenoxy) is 11. The minimum atomic E-state index is -2.43. The van der Waals surface area contributed by atoms with Crippen LogP contribution in [0.1, 0.15) is 27.7 Å². The molecular weight excluding hydrogens is 1040 g/mol. The lowest BCUT2D eigenvalue weighted by Gasteiger charge is -2.50. The van der Waals surface area contributed by atoms with Gasteiger partial charge < -0.3 is 150 Å². The summed E-state index contributed by atoms with van der Waals surface area (Å²) in [5.74, 6) is -4.24. The third kappa shape index (κ3) is 13.4. The zero-order valence-electron chi connectivity index (χ0n) is 40.9. The first kappa shape index (κ1) is 62.0. The van der Waals surface area contributed by atoms with Crippen LogP contribution in [-0.2, 0) is 71.3 Å². The molecule has 6 saturated heterocycles. The molecule has 0 radical (unpaired) electrons. The van der Waals surface area contributed by atoms with Crippen molar-refractivity contribution in [2.24, 2.45) is 0 Å².